The van der Waals surface area contributed by atoms with Gasteiger partial charge >= 0.3 is 12.2 Å². The molecule has 2 heterocycles. The number of hydrogen-bond donors (Lipinski definition) is 2. The first-order valence-corrected chi connectivity index (χ1v) is 15.7. The third-order valence-corrected chi connectivity index (χ3v) is 11.1. The molecule has 1 saturated carbocycles. The topological polar surface area (TPSA) is 125 Å². The largest absolute Gasteiger partial charge is 0.389 e. The number of aliphatic imine (C=N–C) groups is 1. The minimum atomic E-state index is -4.17. The number of nitrogens with zero attached hydrogens (tertiary/aromatic N) is 3. The molecule has 0 aromatic heterocycles. The highest BCUT2D eigenvalue weighted by Crippen LogP contribution is 2.39. The number of amides is 3. The normalized spacial score (nSPS) is 23.4. The van der Waals surface area contributed by atoms with Crippen molar-refractivity contribution < 1.29 is 31.2 Å². The van der Waals surface area contributed by atoms with E-state index in [4.69, 9.17) is 10.7 Å². The van der Waals surface area contributed by atoms with Gasteiger partial charge in [0.05, 0.1) is 5.75 Å². The average molecular weight is 600 g/mol. The number of benzene rings is 1. The highest BCUT2D eigenvalue weighted by molar-refractivity contribution is 7.89. The van der Waals surface area contributed by atoms with Gasteiger partial charge in [0.15, 0.2) is 0 Å². The van der Waals surface area contributed by atoms with Crippen molar-refractivity contribution in [2.45, 2.75) is 83.9 Å². The zero-order valence-electron chi connectivity index (χ0n) is 24.1. The fourth-order valence-electron chi connectivity index (χ4n) is 6.50. The lowest BCUT2D eigenvalue weighted by atomic mass is 9.80. The van der Waals surface area contributed by atoms with Crippen molar-refractivity contribution in [2.24, 2.45) is 22.6 Å². The van der Waals surface area contributed by atoms with Gasteiger partial charge in [-0.2, -0.15) is 13.2 Å². The van der Waals surface area contributed by atoms with Gasteiger partial charge in [0.1, 0.15) is 11.4 Å². The van der Waals surface area contributed by atoms with Crippen molar-refractivity contribution in [1.29, 1.82) is 0 Å². The molecule has 3 aliphatic rings. The van der Waals surface area contributed by atoms with Gasteiger partial charge in [0, 0.05) is 38.2 Å². The summed E-state index contributed by atoms with van der Waals surface area (Å²) in [5.41, 5.74) is 8.66. The van der Waals surface area contributed by atoms with E-state index in [1.807, 2.05) is 26.8 Å². The minimum Gasteiger partial charge on any atom is -0.351 e. The second-order valence-corrected chi connectivity index (χ2v) is 13.9. The number of rotatable bonds is 7. The number of aryl methyl sites for hydroxylation is 1. The van der Waals surface area contributed by atoms with Crippen molar-refractivity contribution in [1.82, 2.24) is 9.62 Å². The van der Waals surface area contributed by atoms with Crippen LogP contribution in [0.25, 0.3) is 0 Å². The van der Waals surface area contributed by atoms with Crippen LogP contribution >= 0.6 is 0 Å². The van der Waals surface area contributed by atoms with Gasteiger partial charge < -0.3 is 11.1 Å². The summed E-state index contributed by atoms with van der Waals surface area (Å²) in [7, 11) is -2.02. The summed E-state index contributed by atoms with van der Waals surface area (Å²) in [6.07, 6.45) is -2.12. The zero-order valence-corrected chi connectivity index (χ0v) is 24.9. The molecule has 2 aliphatic heterocycles. The van der Waals surface area contributed by atoms with Crippen LogP contribution in [0, 0.1) is 32.6 Å². The molecular formula is C28H40F3N5O4S. The Bertz CT molecular complexity index is 1330. The van der Waals surface area contributed by atoms with Crippen LogP contribution < -0.4 is 16.0 Å². The maximum Gasteiger partial charge on any atom is 0.389 e. The average Bonchev–Trinajstić information content (AvgIpc) is 3.20. The Morgan fingerprint density at radius 2 is 1.76 bits per heavy atom. The van der Waals surface area contributed by atoms with E-state index in [9.17, 15) is 31.2 Å². The number of anilines is 1. The number of urea groups is 1. The predicted octanol–water partition coefficient (Wildman–Crippen LogP) is 4.12. The Balaban J connectivity index is 1.37. The molecule has 228 valence electrons. The van der Waals surface area contributed by atoms with Crippen molar-refractivity contribution >= 4 is 33.5 Å². The molecule has 41 heavy (non-hydrogen) atoms. The molecule has 2 fully saturated rings. The number of alkyl halides is 3. The molecule has 1 aromatic rings. The van der Waals surface area contributed by atoms with Gasteiger partial charge in [-0.05, 0) is 100.0 Å². The molecule has 1 aromatic carbocycles. The Labute approximate surface area is 239 Å². The summed E-state index contributed by atoms with van der Waals surface area (Å²) in [5.74, 6) is -0.257. The first kappa shape index (κ1) is 31.3. The second-order valence-electron chi connectivity index (χ2n) is 11.8. The molecule has 1 saturated heterocycles. The number of primary amides is 1. The van der Waals surface area contributed by atoms with E-state index < -0.39 is 40.1 Å². The van der Waals surface area contributed by atoms with Gasteiger partial charge in [0.25, 0.3) is 5.91 Å². The molecule has 3 N–H and O–H groups in total. The molecule has 0 bridgehead atoms. The van der Waals surface area contributed by atoms with Crippen LogP contribution in [0.5, 0.6) is 0 Å². The summed E-state index contributed by atoms with van der Waals surface area (Å²) >= 11 is 0. The molecule has 0 radical (unpaired) electrons. The molecule has 0 unspecified atom stereocenters. The van der Waals surface area contributed by atoms with E-state index in [1.165, 1.54) is 9.21 Å². The standard InChI is InChI=1S/C28H40F3N5O4S/c1-17-15-23(35(4)26(32)38)19(3)18(2)22(17)9-14-41(39,40)36-12-10-27(11-13-36)25(37)33-24(34-27)21-7-5-20(6-8-21)16-28(29,30)31/h15,20-21H,5-14,16H2,1-4H3,(H2,32,38)(H,33,34,37). The van der Waals surface area contributed by atoms with Crippen LogP contribution in [0.4, 0.5) is 23.7 Å². The molecule has 1 aliphatic carbocycles. The lowest BCUT2D eigenvalue weighted by Crippen LogP contribution is -2.51. The first-order valence-electron chi connectivity index (χ1n) is 14.1. The fourth-order valence-corrected chi connectivity index (χ4v) is 7.96. The van der Waals surface area contributed by atoms with Crippen molar-refractivity contribution in [3.63, 3.8) is 0 Å². The van der Waals surface area contributed by atoms with Gasteiger partial charge in [-0.1, -0.05) is 0 Å². The number of sulfonamides is 1. The van der Waals surface area contributed by atoms with E-state index in [2.05, 4.69) is 5.32 Å². The first-order chi connectivity index (χ1) is 19.0. The van der Waals surface area contributed by atoms with Gasteiger partial charge in [-0.25, -0.2) is 17.5 Å². The second kappa shape index (κ2) is 11.5. The third kappa shape index (κ3) is 6.71. The lowest BCUT2D eigenvalue weighted by Gasteiger charge is -2.35. The van der Waals surface area contributed by atoms with E-state index in [1.54, 1.807) is 7.05 Å². The van der Waals surface area contributed by atoms with Crippen LogP contribution in [-0.2, 0) is 21.2 Å². The van der Waals surface area contributed by atoms with Crippen LogP contribution in [0.3, 0.4) is 0 Å². The van der Waals surface area contributed by atoms with Crippen LogP contribution in [0.2, 0.25) is 0 Å². The van der Waals surface area contributed by atoms with Crippen molar-refractivity contribution in [2.75, 3.05) is 30.8 Å². The van der Waals surface area contributed by atoms with Gasteiger partial charge in [0.2, 0.25) is 10.0 Å². The molecular weight excluding hydrogens is 559 g/mol. The Morgan fingerprint density at radius 3 is 2.32 bits per heavy atom. The minimum absolute atomic E-state index is 0.0753. The third-order valence-electron chi connectivity index (χ3n) is 9.23. The van der Waals surface area contributed by atoms with E-state index >= 15 is 0 Å². The van der Waals surface area contributed by atoms with Crippen molar-refractivity contribution in [3.8, 4) is 0 Å². The maximum atomic E-state index is 13.3. The number of carbonyl (C=O) groups excluding carboxylic acids is 2. The number of amidine groups is 1. The Morgan fingerprint density at radius 1 is 1.15 bits per heavy atom. The summed E-state index contributed by atoms with van der Waals surface area (Å²) in [4.78, 5) is 30.7. The monoisotopic (exact) mass is 599 g/mol. The fraction of sp³-hybridized carbons (Fsp3) is 0.679. The molecule has 4 rings (SSSR count). The van der Waals surface area contributed by atoms with Gasteiger partial charge in [-0.3, -0.25) is 14.7 Å². The van der Waals surface area contributed by atoms with Crippen LogP contribution in [0.15, 0.2) is 11.1 Å². The summed E-state index contributed by atoms with van der Waals surface area (Å²) in [5, 5.41) is 2.87. The van der Waals surface area contributed by atoms with E-state index in [0.29, 0.717) is 43.6 Å². The number of nitrogens with one attached hydrogen (secondary N) is 1. The smallest absolute Gasteiger partial charge is 0.351 e. The number of nitrogens with two attached hydrogens (primary N) is 1. The molecule has 9 nitrogen and oxygen atoms in total. The molecule has 0 atom stereocenters. The number of hydrogen-bond acceptors (Lipinski definition) is 5. The summed E-state index contributed by atoms with van der Waals surface area (Å²) < 4.78 is 66.3. The SMILES string of the molecule is Cc1cc(N(C)C(N)=O)c(C)c(C)c1CCS(=O)(=O)N1CCC2(CC1)N=C(C1CCC(CC(F)(F)F)CC1)NC2=O. The quantitative estimate of drug-likeness (QED) is 0.489. The highest BCUT2D eigenvalue weighted by atomic mass is 32.2. The predicted molar refractivity (Wildman–Crippen MR) is 151 cm³/mol. The zero-order chi connectivity index (χ0) is 30.3. The number of piperidine rings is 1. The van der Waals surface area contributed by atoms with Gasteiger partial charge in [-0.15, -0.1) is 0 Å². The highest BCUT2D eigenvalue weighted by Gasteiger charge is 2.48. The lowest BCUT2D eigenvalue weighted by molar-refractivity contribution is -0.146. The maximum absolute atomic E-state index is 13.3. The summed E-state index contributed by atoms with van der Waals surface area (Å²) in [6.45, 7) is 6.01. The van der Waals surface area contributed by atoms with E-state index in [-0.39, 0.29) is 43.5 Å². The number of carbonyl (C=O) groups is 2. The van der Waals surface area contributed by atoms with E-state index in [0.717, 1.165) is 22.3 Å². The Kier molecular flexibility index (Phi) is 8.80. The van der Waals surface area contributed by atoms with Crippen LogP contribution in [0.1, 0.15) is 67.2 Å². The Hall–Kier alpha value is -2.67. The van der Waals surface area contributed by atoms with Crippen molar-refractivity contribution in [3.05, 3.63) is 28.3 Å². The summed E-state index contributed by atoms with van der Waals surface area (Å²) in [6, 6.07) is 1.27. The number of halogens is 3. The molecule has 13 heteroatoms. The van der Waals surface area contributed by atoms with Crippen LogP contribution in [-0.4, -0.2) is 68.1 Å². The molecule has 1 spiro atoms. The molecule has 3 amide bonds.